The predicted octanol–water partition coefficient (Wildman–Crippen LogP) is 3.89. The van der Waals surface area contributed by atoms with E-state index in [4.69, 9.17) is 9.47 Å². The second-order valence-electron chi connectivity index (χ2n) is 6.27. The van der Waals surface area contributed by atoms with E-state index in [0.717, 1.165) is 0 Å². The maximum absolute atomic E-state index is 12.8. The molecule has 0 saturated carbocycles. The van der Waals surface area contributed by atoms with Gasteiger partial charge in [0.05, 0.1) is 16.1 Å². The summed E-state index contributed by atoms with van der Waals surface area (Å²) in [5.41, 5.74) is 0.750. The van der Waals surface area contributed by atoms with Crippen LogP contribution in [0.2, 0.25) is 0 Å². The Morgan fingerprint density at radius 3 is 2.17 bits per heavy atom. The minimum atomic E-state index is -3.75. The molecule has 0 unspecified atom stereocenters. The van der Waals surface area contributed by atoms with E-state index in [0.29, 0.717) is 11.4 Å². The van der Waals surface area contributed by atoms with Crippen LogP contribution in [0.4, 0.5) is 10.1 Å². The number of halogens is 1. The minimum absolute atomic E-state index is 0.00694. The summed E-state index contributed by atoms with van der Waals surface area (Å²) in [7, 11) is -2.29. The van der Waals surface area contributed by atoms with Crippen LogP contribution < -0.4 is 9.04 Å². The van der Waals surface area contributed by atoms with Gasteiger partial charge in [-0.15, -0.1) is 0 Å². The van der Waals surface area contributed by atoms with E-state index in [9.17, 15) is 17.6 Å². The van der Waals surface area contributed by atoms with Crippen LogP contribution in [-0.2, 0) is 14.8 Å². The lowest BCUT2D eigenvalue weighted by Gasteiger charge is -2.19. The van der Waals surface area contributed by atoms with E-state index < -0.39 is 16.0 Å². The number of carbonyl (C=O) groups is 1. The molecule has 0 spiro atoms. The summed E-state index contributed by atoms with van der Waals surface area (Å²) in [5.74, 6) is -0.503. The molecule has 8 heteroatoms. The fourth-order valence-corrected chi connectivity index (χ4v) is 3.80. The molecule has 0 saturated heterocycles. The third kappa shape index (κ3) is 5.15. The van der Waals surface area contributed by atoms with Crippen LogP contribution in [-0.4, -0.2) is 34.6 Å². The predicted molar refractivity (Wildman–Crippen MR) is 111 cm³/mol. The molecule has 3 aromatic rings. The molecule has 0 bridgehead atoms. The molecule has 0 N–H and O–H groups in total. The molecule has 0 aliphatic rings. The lowest BCUT2D eigenvalue weighted by Crippen LogP contribution is -2.26. The van der Waals surface area contributed by atoms with Crippen molar-refractivity contribution in [2.75, 3.05) is 24.6 Å². The summed E-state index contributed by atoms with van der Waals surface area (Å²) in [6.45, 7) is 0.0959. The largest absolute Gasteiger partial charge is 0.490 e. The zero-order valence-electron chi connectivity index (χ0n) is 16.2. The van der Waals surface area contributed by atoms with Gasteiger partial charge in [-0.1, -0.05) is 18.2 Å². The topological polar surface area (TPSA) is 72.9 Å². The highest BCUT2D eigenvalue weighted by molar-refractivity contribution is 7.92. The fourth-order valence-electron chi connectivity index (χ4n) is 2.61. The van der Waals surface area contributed by atoms with Crippen molar-refractivity contribution in [1.82, 2.24) is 0 Å². The number of rotatable bonds is 8. The molecule has 3 aromatic carbocycles. The molecule has 156 valence electrons. The van der Waals surface area contributed by atoms with Crippen LogP contribution >= 0.6 is 0 Å². The number of ether oxygens (including phenoxy) is 2. The Kier molecular flexibility index (Phi) is 6.68. The average molecular weight is 429 g/mol. The van der Waals surface area contributed by atoms with E-state index in [2.05, 4.69) is 0 Å². The number of sulfonamides is 1. The normalized spacial score (nSPS) is 11.0. The quantitative estimate of drug-likeness (QED) is 0.401. The summed E-state index contributed by atoms with van der Waals surface area (Å²) >= 11 is 0. The first-order valence-electron chi connectivity index (χ1n) is 9.07. The van der Waals surface area contributed by atoms with Crippen LogP contribution in [0, 0.1) is 5.82 Å². The number of anilines is 1. The molecule has 0 aromatic heterocycles. The number of benzene rings is 3. The highest BCUT2D eigenvalue weighted by Crippen LogP contribution is 2.22. The number of hydrogen-bond acceptors (Lipinski definition) is 5. The molecule has 0 heterocycles. The standard InChI is InChI=1S/C22H20FNO5S/c1-24(19-5-3-2-4-6-19)30(26,27)21-13-7-17(8-14-21)22(25)29-16-15-28-20-11-9-18(23)10-12-20/h2-14H,15-16H2,1H3. The smallest absolute Gasteiger partial charge is 0.338 e. The van der Waals surface area contributed by atoms with Gasteiger partial charge in [-0.25, -0.2) is 17.6 Å². The van der Waals surface area contributed by atoms with Crippen molar-refractivity contribution in [2.24, 2.45) is 0 Å². The Hall–Kier alpha value is -3.39. The summed E-state index contributed by atoms with van der Waals surface area (Å²) < 4.78 is 50.0. The zero-order valence-corrected chi connectivity index (χ0v) is 17.0. The van der Waals surface area contributed by atoms with Crippen molar-refractivity contribution in [3.05, 3.63) is 90.2 Å². The minimum Gasteiger partial charge on any atom is -0.490 e. The van der Waals surface area contributed by atoms with Crippen molar-refractivity contribution in [3.8, 4) is 5.75 Å². The van der Waals surface area contributed by atoms with E-state index in [1.165, 1.54) is 59.9 Å². The maximum Gasteiger partial charge on any atom is 0.338 e. The second kappa shape index (κ2) is 9.41. The molecule has 30 heavy (non-hydrogen) atoms. The number of hydrogen-bond donors (Lipinski definition) is 0. The van der Waals surface area contributed by atoms with Crippen molar-refractivity contribution in [1.29, 1.82) is 0 Å². The molecular formula is C22H20FNO5S. The Balaban J connectivity index is 1.56. The molecular weight excluding hydrogens is 409 g/mol. The van der Waals surface area contributed by atoms with Crippen LogP contribution in [0.15, 0.2) is 83.8 Å². The molecule has 0 amide bonds. The summed E-state index contributed by atoms with van der Waals surface area (Å²) in [5, 5.41) is 0. The van der Waals surface area contributed by atoms with Gasteiger partial charge in [0.2, 0.25) is 0 Å². The zero-order chi connectivity index (χ0) is 21.6. The lowest BCUT2D eigenvalue weighted by atomic mass is 10.2. The van der Waals surface area contributed by atoms with Gasteiger partial charge >= 0.3 is 5.97 Å². The van der Waals surface area contributed by atoms with Gasteiger partial charge in [-0.05, 0) is 60.7 Å². The Labute approximate surface area is 174 Å². The number of nitrogens with zero attached hydrogens (tertiary/aromatic N) is 1. The third-order valence-electron chi connectivity index (χ3n) is 4.27. The summed E-state index contributed by atoms with van der Waals surface area (Å²) in [6, 6.07) is 19.7. The first-order valence-corrected chi connectivity index (χ1v) is 10.5. The van der Waals surface area contributed by atoms with E-state index in [1.54, 1.807) is 30.3 Å². The lowest BCUT2D eigenvalue weighted by molar-refractivity contribution is 0.0450. The van der Waals surface area contributed by atoms with Crippen LogP contribution in [0.3, 0.4) is 0 Å². The molecule has 0 fully saturated rings. The van der Waals surface area contributed by atoms with Gasteiger partial charge in [0.15, 0.2) is 0 Å². The number of para-hydroxylation sites is 1. The molecule has 0 radical (unpaired) electrons. The third-order valence-corrected chi connectivity index (χ3v) is 6.07. The van der Waals surface area contributed by atoms with E-state index >= 15 is 0 Å². The fraction of sp³-hybridized carbons (Fsp3) is 0.136. The molecule has 6 nitrogen and oxygen atoms in total. The SMILES string of the molecule is CN(c1ccccc1)S(=O)(=O)c1ccc(C(=O)OCCOc2ccc(F)cc2)cc1. The van der Waals surface area contributed by atoms with Crippen molar-refractivity contribution in [3.63, 3.8) is 0 Å². The molecule has 0 aliphatic carbocycles. The first kappa shape index (κ1) is 21.3. The second-order valence-corrected chi connectivity index (χ2v) is 8.24. The summed E-state index contributed by atoms with van der Waals surface area (Å²) in [6.07, 6.45) is 0. The molecule has 0 atom stereocenters. The highest BCUT2D eigenvalue weighted by Gasteiger charge is 2.21. The van der Waals surface area contributed by atoms with Gasteiger partial charge in [0, 0.05) is 7.05 Å². The highest BCUT2D eigenvalue weighted by atomic mass is 32.2. The van der Waals surface area contributed by atoms with Crippen LogP contribution in [0.25, 0.3) is 0 Å². The van der Waals surface area contributed by atoms with Crippen molar-refractivity contribution < 1.29 is 27.1 Å². The maximum atomic E-state index is 12.8. The monoisotopic (exact) mass is 429 g/mol. The Morgan fingerprint density at radius 2 is 1.53 bits per heavy atom. The Bertz CT molecular complexity index is 1080. The van der Waals surface area contributed by atoms with Gasteiger partial charge in [-0.3, -0.25) is 4.31 Å². The van der Waals surface area contributed by atoms with Crippen LogP contribution in [0.5, 0.6) is 5.75 Å². The Morgan fingerprint density at radius 1 is 0.900 bits per heavy atom. The van der Waals surface area contributed by atoms with Crippen LogP contribution in [0.1, 0.15) is 10.4 Å². The van der Waals surface area contributed by atoms with Crippen molar-refractivity contribution in [2.45, 2.75) is 4.90 Å². The van der Waals surface area contributed by atoms with Gasteiger partial charge in [0.1, 0.15) is 24.8 Å². The van der Waals surface area contributed by atoms with E-state index in [1.807, 2.05) is 0 Å². The molecule has 0 aliphatic heterocycles. The van der Waals surface area contributed by atoms with Crippen molar-refractivity contribution >= 4 is 21.7 Å². The average Bonchev–Trinajstić information content (AvgIpc) is 2.78. The number of esters is 1. The van der Waals surface area contributed by atoms with Gasteiger partial charge in [-0.2, -0.15) is 0 Å². The summed E-state index contributed by atoms with van der Waals surface area (Å²) in [4.78, 5) is 12.2. The first-order chi connectivity index (χ1) is 14.4. The molecule has 3 rings (SSSR count). The van der Waals surface area contributed by atoms with E-state index in [-0.39, 0.29) is 29.5 Å². The van der Waals surface area contributed by atoms with Gasteiger partial charge < -0.3 is 9.47 Å². The van der Waals surface area contributed by atoms with Gasteiger partial charge in [0.25, 0.3) is 10.0 Å². The number of carbonyl (C=O) groups excluding carboxylic acids is 1.